The van der Waals surface area contributed by atoms with Crippen molar-refractivity contribution in [1.29, 1.82) is 0 Å². The molecule has 0 N–H and O–H groups in total. The molecule has 0 fully saturated rings. The molecule has 0 atom stereocenters. The van der Waals surface area contributed by atoms with Crippen LogP contribution in [0.15, 0.2) is 53.3 Å². The Hall–Kier alpha value is -4.21. The fourth-order valence-electron chi connectivity index (χ4n) is 2.83. The van der Waals surface area contributed by atoms with Crippen LogP contribution in [0.1, 0.15) is 16.2 Å². The maximum absolute atomic E-state index is 12.5. The minimum Gasteiger partial charge on any atom is -0.454 e. The highest BCUT2D eigenvalue weighted by Crippen LogP contribution is 2.35. The second-order valence-electron chi connectivity index (χ2n) is 6.06. The fraction of sp³-hybridized carbons (Fsp3) is 0.105. The molecule has 1 aliphatic heterocycles. The number of esters is 1. The lowest BCUT2D eigenvalue weighted by atomic mass is 10.2. The summed E-state index contributed by atoms with van der Waals surface area (Å²) in [4.78, 5) is 35.6. The first kappa shape index (κ1) is 18.2. The summed E-state index contributed by atoms with van der Waals surface area (Å²) < 4.78 is 16.8. The molecule has 0 unspecified atom stereocenters. The minimum absolute atomic E-state index is 0.0623. The van der Waals surface area contributed by atoms with Crippen LogP contribution >= 0.6 is 0 Å². The zero-order chi connectivity index (χ0) is 20.5. The van der Waals surface area contributed by atoms with Gasteiger partial charge in [0.2, 0.25) is 17.9 Å². The average Bonchev–Trinajstić information content (AvgIpc) is 3.16. The van der Waals surface area contributed by atoms with Crippen LogP contribution in [0.2, 0.25) is 0 Å². The molecule has 3 aromatic rings. The van der Waals surface area contributed by atoms with Crippen molar-refractivity contribution >= 4 is 11.7 Å². The molecule has 0 saturated carbocycles. The van der Waals surface area contributed by atoms with E-state index in [1.807, 2.05) is 0 Å². The molecule has 0 aliphatic carbocycles. The Balaban J connectivity index is 1.72. The van der Waals surface area contributed by atoms with Gasteiger partial charge < -0.3 is 14.2 Å². The van der Waals surface area contributed by atoms with Gasteiger partial charge in [-0.05, 0) is 25.1 Å². The van der Waals surface area contributed by atoms with Crippen molar-refractivity contribution < 1.29 is 23.9 Å². The van der Waals surface area contributed by atoms with Crippen molar-refractivity contribution in [2.45, 2.75) is 6.92 Å². The van der Waals surface area contributed by atoms with Crippen molar-refractivity contribution in [2.24, 2.45) is 0 Å². The molecule has 1 aromatic heterocycles. The van der Waals surface area contributed by atoms with E-state index in [1.54, 1.807) is 19.1 Å². The molecule has 0 bridgehead atoms. The van der Waals surface area contributed by atoms with E-state index in [0.717, 1.165) is 4.68 Å². The number of nitro groups is 1. The van der Waals surface area contributed by atoms with Gasteiger partial charge >= 0.3 is 5.97 Å². The molecule has 0 radical (unpaired) electrons. The summed E-state index contributed by atoms with van der Waals surface area (Å²) in [7, 11) is 0. The van der Waals surface area contributed by atoms with Crippen molar-refractivity contribution in [1.82, 2.24) is 9.78 Å². The number of rotatable bonds is 4. The summed E-state index contributed by atoms with van der Waals surface area (Å²) in [6.07, 6.45) is 0. The summed E-state index contributed by atoms with van der Waals surface area (Å²) >= 11 is 0. The van der Waals surface area contributed by atoms with E-state index in [2.05, 4.69) is 5.10 Å². The van der Waals surface area contributed by atoms with Gasteiger partial charge in [0.1, 0.15) is 11.4 Å². The zero-order valence-electron chi connectivity index (χ0n) is 15.0. The van der Waals surface area contributed by atoms with Crippen LogP contribution in [-0.2, 0) is 0 Å². The lowest BCUT2D eigenvalue weighted by molar-refractivity contribution is -0.384. The van der Waals surface area contributed by atoms with Gasteiger partial charge in [-0.25, -0.2) is 9.48 Å². The van der Waals surface area contributed by atoms with Crippen LogP contribution < -0.4 is 19.6 Å². The molecular formula is C19H13N3O7. The third-order valence-electron chi connectivity index (χ3n) is 4.16. The molecule has 0 saturated heterocycles. The van der Waals surface area contributed by atoms with Gasteiger partial charge in [0, 0.05) is 23.9 Å². The number of carbonyl (C=O) groups is 1. The summed E-state index contributed by atoms with van der Waals surface area (Å²) in [6, 6.07) is 11.5. The SMILES string of the molecule is Cc1cc(=O)c(C(=O)Oc2ccc3c(c2)OCO3)nn1-c1ccccc1[N+](=O)[O-]. The average molecular weight is 395 g/mol. The molecule has 146 valence electrons. The summed E-state index contributed by atoms with van der Waals surface area (Å²) in [6.45, 7) is 1.62. The first-order valence-corrected chi connectivity index (χ1v) is 8.40. The molecular weight excluding hydrogens is 382 g/mol. The number of para-hydroxylation sites is 2. The number of ether oxygens (including phenoxy) is 3. The van der Waals surface area contributed by atoms with Crippen LogP contribution in [0.4, 0.5) is 5.69 Å². The van der Waals surface area contributed by atoms with Crippen LogP contribution in [0.25, 0.3) is 5.69 Å². The highest BCUT2D eigenvalue weighted by atomic mass is 16.7. The van der Waals surface area contributed by atoms with Gasteiger partial charge in [-0.1, -0.05) is 12.1 Å². The first-order chi connectivity index (χ1) is 13.9. The third-order valence-corrected chi connectivity index (χ3v) is 4.16. The van der Waals surface area contributed by atoms with E-state index in [0.29, 0.717) is 17.2 Å². The Morgan fingerprint density at radius 2 is 1.93 bits per heavy atom. The standard InChI is InChI=1S/C19H13N3O7/c1-11-8-15(23)18(20-21(11)13-4-2-3-5-14(13)22(25)26)19(24)29-12-6-7-16-17(9-12)28-10-27-16/h2-9H,10H2,1H3. The third kappa shape index (κ3) is 3.38. The summed E-state index contributed by atoms with van der Waals surface area (Å²) in [5, 5.41) is 15.3. The maximum atomic E-state index is 12.5. The summed E-state index contributed by atoms with van der Waals surface area (Å²) in [5.74, 6) is 0.0564. The molecule has 4 rings (SSSR count). The number of hydrogen-bond acceptors (Lipinski definition) is 8. The number of benzene rings is 2. The van der Waals surface area contributed by atoms with Gasteiger partial charge in [-0.15, -0.1) is 0 Å². The second-order valence-corrected chi connectivity index (χ2v) is 6.06. The first-order valence-electron chi connectivity index (χ1n) is 8.40. The largest absolute Gasteiger partial charge is 0.454 e. The van der Waals surface area contributed by atoms with E-state index in [-0.39, 0.29) is 23.9 Å². The Labute approximate surface area is 163 Å². The monoisotopic (exact) mass is 395 g/mol. The van der Waals surface area contributed by atoms with Crippen molar-refractivity contribution in [3.63, 3.8) is 0 Å². The van der Waals surface area contributed by atoms with Gasteiger partial charge in [-0.2, -0.15) is 5.10 Å². The van der Waals surface area contributed by atoms with E-state index >= 15 is 0 Å². The lowest BCUT2D eigenvalue weighted by Crippen LogP contribution is -2.26. The van der Waals surface area contributed by atoms with E-state index in [9.17, 15) is 19.7 Å². The van der Waals surface area contributed by atoms with Crippen LogP contribution in [0.3, 0.4) is 0 Å². The smallest absolute Gasteiger partial charge is 0.368 e. The Bertz CT molecular complexity index is 1200. The maximum Gasteiger partial charge on any atom is 0.368 e. The highest BCUT2D eigenvalue weighted by Gasteiger charge is 2.22. The quantitative estimate of drug-likeness (QED) is 0.286. The predicted molar refractivity (Wildman–Crippen MR) is 98.7 cm³/mol. The van der Waals surface area contributed by atoms with Crippen molar-refractivity contribution in [3.05, 3.63) is 80.3 Å². The Morgan fingerprint density at radius 1 is 1.17 bits per heavy atom. The molecule has 1 aliphatic rings. The van der Waals surface area contributed by atoms with Crippen LogP contribution in [0, 0.1) is 17.0 Å². The van der Waals surface area contributed by atoms with Gasteiger partial charge in [0.25, 0.3) is 5.69 Å². The number of nitrogens with zero attached hydrogens (tertiary/aromatic N) is 3. The number of nitro benzene ring substituents is 1. The number of hydrogen-bond donors (Lipinski definition) is 0. The zero-order valence-corrected chi connectivity index (χ0v) is 15.0. The number of aromatic nitrogens is 2. The van der Waals surface area contributed by atoms with Crippen molar-refractivity contribution in [2.75, 3.05) is 6.79 Å². The van der Waals surface area contributed by atoms with Gasteiger partial charge in [-0.3, -0.25) is 14.9 Å². The van der Waals surface area contributed by atoms with E-state index in [4.69, 9.17) is 14.2 Å². The fourth-order valence-corrected chi connectivity index (χ4v) is 2.83. The van der Waals surface area contributed by atoms with Gasteiger partial charge in [0.05, 0.1) is 4.92 Å². The molecule has 29 heavy (non-hydrogen) atoms. The Kier molecular flexibility index (Phi) is 4.43. The number of aryl methyl sites for hydroxylation is 1. The van der Waals surface area contributed by atoms with Gasteiger partial charge in [0.15, 0.2) is 11.5 Å². The van der Waals surface area contributed by atoms with Crippen LogP contribution in [-0.4, -0.2) is 27.5 Å². The predicted octanol–water partition coefficient (Wildman–Crippen LogP) is 2.40. The minimum atomic E-state index is -0.999. The normalized spacial score (nSPS) is 11.9. The Morgan fingerprint density at radius 3 is 2.72 bits per heavy atom. The summed E-state index contributed by atoms with van der Waals surface area (Å²) in [5.41, 5.74) is -0.951. The second kappa shape index (κ2) is 7.08. The molecule has 0 amide bonds. The van der Waals surface area contributed by atoms with Crippen molar-refractivity contribution in [3.8, 4) is 22.9 Å². The molecule has 10 heteroatoms. The lowest BCUT2D eigenvalue weighted by Gasteiger charge is -2.11. The number of carbonyl (C=O) groups excluding carboxylic acids is 1. The van der Waals surface area contributed by atoms with E-state index < -0.39 is 22.0 Å². The van der Waals surface area contributed by atoms with Crippen LogP contribution in [0.5, 0.6) is 17.2 Å². The number of fused-ring (bicyclic) bond motifs is 1. The topological polar surface area (TPSA) is 123 Å². The highest BCUT2D eigenvalue weighted by molar-refractivity contribution is 5.89. The molecule has 0 spiro atoms. The molecule has 2 heterocycles. The molecule has 2 aromatic carbocycles. The van der Waals surface area contributed by atoms with E-state index in [1.165, 1.54) is 36.4 Å². The molecule has 10 nitrogen and oxygen atoms in total.